The van der Waals surface area contributed by atoms with Crippen LogP contribution in [0.3, 0.4) is 0 Å². The van der Waals surface area contributed by atoms with Crippen LogP contribution in [0.4, 0.5) is 17.6 Å². The molecule has 228 valence electrons. The molecule has 3 atom stereocenters. The van der Waals surface area contributed by atoms with Gasteiger partial charge in [0.1, 0.15) is 28.4 Å². The number of alkyl halides is 3. The third-order valence-electron chi connectivity index (χ3n) is 7.28. The van der Waals surface area contributed by atoms with Gasteiger partial charge < -0.3 is 24.7 Å². The third-order valence-corrected chi connectivity index (χ3v) is 9.03. The molecule has 8 nitrogen and oxygen atoms in total. The van der Waals surface area contributed by atoms with Crippen LogP contribution >= 0.6 is 0 Å². The first-order chi connectivity index (χ1) is 20.0. The van der Waals surface area contributed by atoms with Crippen molar-refractivity contribution in [2.75, 3.05) is 13.2 Å². The fourth-order valence-corrected chi connectivity index (χ4v) is 5.57. The lowest BCUT2D eigenvalue weighted by Crippen LogP contribution is -2.52. The number of aromatic amines is 1. The summed E-state index contributed by atoms with van der Waals surface area (Å²) in [7, 11) is 0. The van der Waals surface area contributed by atoms with Crippen molar-refractivity contribution < 1.29 is 36.8 Å². The summed E-state index contributed by atoms with van der Waals surface area (Å²) in [6, 6.07) is 12.2. The topological polar surface area (TPSA) is 122 Å². The fraction of sp³-hybridized carbons (Fsp3) is 0.333. The van der Waals surface area contributed by atoms with Crippen molar-refractivity contribution in [3.8, 4) is 17.0 Å². The molecule has 2 aromatic carbocycles. The second-order valence-corrected chi connectivity index (χ2v) is 13.6. The molecule has 4 aromatic rings. The molecule has 13 heteroatoms. The molecule has 43 heavy (non-hydrogen) atoms. The lowest BCUT2D eigenvalue weighted by atomic mass is 9.89. The molecular formula is C30H30F4N4O4S. The van der Waals surface area contributed by atoms with Gasteiger partial charge >= 0.3 is 6.18 Å². The Morgan fingerprint density at radius 2 is 1.84 bits per heavy atom. The highest BCUT2D eigenvalue weighted by Crippen LogP contribution is 2.47. The van der Waals surface area contributed by atoms with Crippen LogP contribution in [0.25, 0.3) is 22.2 Å². The summed E-state index contributed by atoms with van der Waals surface area (Å²) in [5.74, 6) is -1.30. The number of carbonyl (C=O) groups excluding carboxylic acids is 1. The zero-order valence-electron chi connectivity index (χ0n) is 23.7. The largest absolute Gasteiger partial charge is 0.598 e. The van der Waals surface area contributed by atoms with Crippen LogP contribution in [0, 0.1) is 5.82 Å². The van der Waals surface area contributed by atoms with Gasteiger partial charge in [0.05, 0.1) is 12.2 Å². The molecule has 0 fully saturated rings. The van der Waals surface area contributed by atoms with Gasteiger partial charge in [0.25, 0.3) is 5.91 Å². The Labute approximate surface area is 248 Å². The van der Waals surface area contributed by atoms with Crippen LogP contribution in [0.2, 0.25) is 0 Å². The number of hydrogen-bond acceptors (Lipinski definition) is 6. The first kappa shape index (κ1) is 30.8. The van der Waals surface area contributed by atoms with E-state index in [1.165, 1.54) is 24.3 Å². The highest BCUT2D eigenvalue weighted by molar-refractivity contribution is 7.90. The number of aromatic nitrogens is 2. The molecule has 1 aliphatic heterocycles. The number of halogens is 4. The van der Waals surface area contributed by atoms with Crippen molar-refractivity contribution in [2.45, 2.75) is 49.8 Å². The lowest BCUT2D eigenvalue weighted by Gasteiger charge is -2.33. The van der Waals surface area contributed by atoms with Gasteiger partial charge in [0.2, 0.25) is 5.60 Å². The van der Waals surface area contributed by atoms with Crippen molar-refractivity contribution >= 4 is 28.2 Å². The number of rotatable bonds is 7. The first-order valence-electron chi connectivity index (χ1n) is 13.3. The van der Waals surface area contributed by atoms with E-state index in [1.807, 2.05) is 0 Å². The number of benzene rings is 2. The predicted molar refractivity (Wildman–Crippen MR) is 154 cm³/mol. The number of nitrogens with one attached hydrogen (secondary N) is 3. The van der Waals surface area contributed by atoms with E-state index in [9.17, 15) is 32.0 Å². The highest BCUT2D eigenvalue weighted by atomic mass is 32.2. The molecular weight excluding hydrogens is 588 g/mol. The summed E-state index contributed by atoms with van der Waals surface area (Å²) in [6.07, 6.45) is -3.62. The van der Waals surface area contributed by atoms with E-state index >= 15 is 0 Å². The Hall–Kier alpha value is -3.65. The lowest BCUT2D eigenvalue weighted by molar-refractivity contribution is -0.265. The van der Waals surface area contributed by atoms with Crippen LogP contribution in [0.15, 0.2) is 60.8 Å². The Kier molecular flexibility index (Phi) is 7.74. The minimum Gasteiger partial charge on any atom is -0.598 e. The van der Waals surface area contributed by atoms with E-state index in [0.717, 1.165) is 23.7 Å². The molecule has 1 amide bonds. The van der Waals surface area contributed by atoms with Gasteiger partial charge in [-0.25, -0.2) is 9.37 Å². The minimum absolute atomic E-state index is 0.0773. The molecule has 0 bridgehead atoms. The van der Waals surface area contributed by atoms with Gasteiger partial charge in [-0.3, -0.25) is 4.79 Å². The zero-order chi connectivity index (χ0) is 31.4. The SMILES string of the molecule is CC(C)(C)[S+]([O-])N[C@]1(C)COc2c1cc(C(O)(CNC(=O)c1ccc3[nH]ccc3c1)C(F)(F)F)nc2-c1ccc(F)cc1. The molecule has 5 rings (SSSR count). The van der Waals surface area contributed by atoms with Gasteiger partial charge in [-0.05, 0) is 82.3 Å². The number of fused-ring (bicyclic) bond motifs is 2. The number of carbonyl (C=O) groups is 1. The van der Waals surface area contributed by atoms with Crippen LogP contribution < -0.4 is 14.8 Å². The summed E-state index contributed by atoms with van der Waals surface area (Å²) in [5, 5.41) is 14.2. The predicted octanol–water partition coefficient (Wildman–Crippen LogP) is 5.21. The van der Waals surface area contributed by atoms with Crippen molar-refractivity contribution in [1.29, 1.82) is 0 Å². The van der Waals surface area contributed by atoms with Gasteiger partial charge in [0, 0.05) is 45.2 Å². The van der Waals surface area contributed by atoms with Gasteiger partial charge in [-0.15, -0.1) is 4.72 Å². The molecule has 0 saturated carbocycles. The molecule has 1 aliphatic rings. The summed E-state index contributed by atoms with van der Waals surface area (Å²) in [5.41, 5.74) is -4.55. The van der Waals surface area contributed by atoms with Crippen molar-refractivity contribution in [2.24, 2.45) is 0 Å². The number of aliphatic hydroxyl groups is 1. The third kappa shape index (κ3) is 5.81. The molecule has 0 radical (unpaired) electrons. The van der Waals surface area contributed by atoms with E-state index in [-0.39, 0.29) is 34.7 Å². The maximum Gasteiger partial charge on any atom is 0.424 e. The summed E-state index contributed by atoms with van der Waals surface area (Å²) in [4.78, 5) is 20.1. The average Bonchev–Trinajstić information content (AvgIpc) is 3.54. The number of pyridine rings is 1. The van der Waals surface area contributed by atoms with Crippen LogP contribution in [0.1, 0.15) is 49.3 Å². The zero-order valence-corrected chi connectivity index (χ0v) is 24.5. The average molecular weight is 619 g/mol. The fourth-order valence-electron chi connectivity index (χ4n) is 4.68. The second-order valence-electron chi connectivity index (χ2n) is 11.7. The van der Waals surface area contributed by atoms with E-state index in [2.05, 4.69) is 20.0 Å². The standard InChI is InChI=1S/C30H30F4N4O4S/c1-27(2,3)43(41)38-28(4)16-42-25-21(28)14-23(37-24(25)17-5-8-20(31)9-6-17)29(40,30(32,33)34)15-36-26(39)19-7-10-22-18(13-19)11-12-35-22/h5-14,35,38,40H,15-16H2,1-4H3,(H,36,39)/t28-,29?,43?/m1/s1. The maximum atomic E-state index is 14.7. The van der Waals surface area contributed by atoms with E-state index in [1.54, 1.807) is 46.0 Å². The molecule has 3 heterocycles. The van der Waals surface area contributed by atoms with E-state index < -0.39 is 57.4 Å². The summed E-state index contributed by atoms with van der Waals surface area (Å²) in [6.45, 7) is 5.46. The van der Waals surface area contributed by atoms with Crippen molar-refractivity contribution in [3.63, 3.8) is 0 Å². The van der Waals surface area contributed by atoms with Crippen molar-refractivity contribution in [3.05, 3.63) is 83.4 Å². The highest BCUT2D eigenvalue weighted by Gasteiger charge is 2.57. The molecule has 2 aromatic heterocycles. The molecule has 0 aliphatic carbocycles. The smallest absolute Gasteiger partial charge is 0.424 e. The van der Waals surface area contributed by atoms with Gasteiger partial charge in [-0.2, -0.15) is 13.2 Å². The monoisotopic (exact) mass is 618 g/mol. The Bertz CT molecular complexity index is 1670. The Morgan fingerprint density at radius 3 is 2.49 bits per heavy atom. The van der Waals surface area contributed by atoms with Crippen LogP contribution in [-0.4, -0.2) is 49.6 Å². The first-order valence-corrected chi connectivity index (χ1v) is 14.5. The van der Waals surface area contributed by atoms with Gasteiger partial charge in [-0.1, -0.05) is 0 Å². The molecule has 4 N–H and O–H groups in total. The van der Waals surface area contributed by atoms with Crippen LogP contribution in [0.5, 0.6) is 5.75 Å². The summed E-state index contributed by atoms with van der Waals surface area (Å²) >= 11 is -1.65. The minimum atomic E-state index is -5.29. The number of nitrogens with zero attached hydrogens (tertiary/aromatic N) is 1. The van der Waals surface area contributed by atoms with Gasteiger partial charge in [0.15, 0.2) is 5.75 Å². The van der Waals surface area contributed by atoms with Crippen LogP contribution in [-0.2, 0) is 22.5 Å². The quantitative estimate of drug-likeness (QED) is 0.167. The van der Waals surface area contributed by atoms with Crippen molar-refractivity contribution in [1.82, 2.24) is 20.0 Å². The number of H-pyrrole nitrogens is 1. The summed E-state index contributed by atoms with van der Waals surface area (Å²) < 4.78 is 79.1. The number of hydrogen-bond donors (Lipinski definition) is 4. The number of ether oxygens (including phenoxy) is 1. The Morgan fingerprint density at radius 1 is 1.14 bits per heavy atom. The molecule has 2 unspecified atom stereocenters. The normalized spacial score (nSPS) is 19.0. The second kappa shape index (κ2) is 10.8. The molecule has 0 spiro atoms. The Balaban J connectivity index is 1.59. The molecule has 0 saturated heterocycles. The maximum absolute atomic E-state index is 14.7. The van der Waals surface area contributed by atoms with E-state index in [0.29, 0.717) is 5.39 Å². The van der Waals surface area contributed by atoms with E-state index in [4.69, 9.17) is 4.74 Å². The number of amides is 1.